The molecule has 0 unspecified atom stereocenters. The van der Waals surface area contributed by atoms with Crippen LogP contribution in [0.3, 0.4) is 0 Å². The minimum absolute atomic E-state index is 0. The molecule has 0 bridgehead atoms. The van der Waals surface area contributed by atoms with E-state index in [9.17, 15) is 13.0 Å². The van der Waals surface area contributed by atoms with E-state index in [4.69, 9.17) is 0 Å². The molecule has 0 radical (unpaired) electrons. The van der Waals surface area contributed by atoms with Gasteiger partial charge in [0.2, 0.25) is 10.4 Å². The van der Waals surface area contributed by atoms with Gasteiger partial charge in [-0.15, -0.1) is 0 Å². The van der Waals surface area contributed by atoms with E-state index in [1.807, 2.05) is 0 Å². The van der Waals surface area contributed by atoms with Crippen LogP contribution in [0.2, 0.25) is 0 Å². The molecule has 5 nitrogen and oxygen atoms in total. The molecule has 0 aromatic heterocycles. The summed E-state index contributed by atoms with van der Waals surface area (Å²) in [5, 5.41) is 0. The van der Waals surface area contributed by atoms with Gasteiger partial charge < -0.3 is 10.0 Å². The van der Waals surface area contributed by atoms with Crippen LogP contribution < -0.4 is 51.4 Å². The molecule has 0 saturated carbocycles. The molecule has 0 amide bonds. The first-order valence-corrected chi connectivity index (χ1v) is 7.00. The van der Waals surface area contributed by atoms with E-state index in [0.717, 1.165) is 12.8 Å². The van der Waals surface area contributed by atoms with Gasteiger partial charge in [0.25, 0.3) is 0 Å². The molecule has 17 heavy (non-hydrogen) atoms. The number of rotatable bonds is 10. The fourth-order valence-corrected chi connectivity index (χ4v) is 1.72. The monoisotopic (exact) mass is 294 g/mol. The van der Waals surface area contributed by atoms with Crippen LogP contribution >= 0.6 is 0 Å². The summed E-state index contributed by atoms with van der Waals surface area (Å²) in [5.41, 5.74) is 0. The molecule has 0 aliphatic heterocycles. The Morgan fingerprint density at radius 2 is 1.35 bits per heavy atom. The summed E-state index contributed by atoms with van der Waals surface area (Å²) in [4.78, 5) is 0. The summed E-state index contributed by atoms with van der Waals surface area (Å²) in [7, 11) is -4.48. The summed E-state index contributed by atoms with van der Waals surface area (Å²) >= 11 is 0. The normalized spacial score (nSPS) is 10.5. The second-order valence-electron chi connectivity index (χ2n) is 3.71. The van der Waals surface area contributed by atoms with E-state index in [0.29, 0.717) is 6.42 Å². The van der Waals surface area contributed by atoms with Crippen molar-refractivity contribution in [2.75, 3.05) is 6.61 Å². The van der Waals surface area contributed by atoms with Crippen LogP contribution in [-0.2, 0) is 14.6 Å². The van der Waals surface area contributed by atoms with Crippen molar-refractivity contribution < 1.29 is 74.0 Å². The molecule has 0 aromatic rings. The zero-order chi connectivity index (χ0) is 11.6. The smallest absolute Gasteiger partial charge is 0.726 e. The molecule has 0 rings (SSSR count). The van der Waals surface area contributed by atoms with Crippen molar-refractivity contribution in [3.05, 3.63) is 0 Å². The minimum atomic E-state index is -4.48. The van der Waals surface area contributed by atoms with Crippen LogP contribution in [0.4, 0.5) is 0 Å². The van der Waals surface area contributed by atoms with Gasteiger partial charge in [0.05, 0.1) is 6.61 Å². The summed E-state index contributed by atoms with van der Waals surface area (Å²) in [6, 6.07) is 0. The Hall–Kier alpha value is 1.47. The van der Waals surface area contributed by atoms with E-state index in [1.54, 1.807) is 0 Å². The second-order valence-corrected chi connectivity index (χ2v) is 4.76. The molecule has 0 aliphatic rings. The minimum Gasteiger partial charge on any atom is -0.726 e. The van der Waals surface area contributed by atoms with Crippen LogP contribution in [-0.4, -0.2) is 25.1 Å². The molecule has 7 heteroatoms. The zero-order valence-corrected chi connectivity index (χ0v) is 14.8. The standard InChI is InChI=1S/C10H22O4S.K.H2O/c1-2-3-4-5-6-7-8-9-10-14-15(11,12)13;;/h2-10H2,1H3,(H,11,12,13);;1H2/q;+1;/p-1. The predicted molar refractivity (Wildman–Crippen MR) is 61.9 cm³/mol. The number of unbranched alkanes of at least 4 members (excludes halogenated alkanes) is 7. The Bertz CT molecular complexity index is 231. The summed E-state index contributed by atoms with van der Waals surface area (Å²) in [6.45, 7) is 2.21. The number of hydrogen-bond acceptors (Lipinski definition) is 4. The quantitative estimate of drug-likeness (QED) is 0.218. The Kier molecular flexibility index (Phi) is 21.5. The average Bonchev–Trinajstić information content (AvgIpc) is 2.14. The van der Waals surface area contributed by atoms with E-state index < -0.39 is 10.4 Å². The fourth-order valence-electron chi connectivity index (χ4n) is 1.40. The van der Waals surface area contributed by atoms with Gasteiger partial charge in [-0.2, -0.15) is 0 Å². The molecule has 0 saturated heterocycles. The van der Waals surface area contributed by atoms with Crippen LogP contribution in [0.1, 0.15) is 58.3 Å². The Balaban J connectivity index is -0.000000980. The number of hydrogen-bond donors (Lipinski definition) is 0. The Labute approximate surface area is 147 Å². The van der Waals surface area contributed by atoms with Crippen molar-refractivity contribution in [2.45, 2.75) is 58.3 Å². The second kappa shape index (κ2) is 15.5. The van der Waals surface area contributed by atoms with E-state index >= 15 is 0 Å². The van der Waals surface area contributed by atoms with Gasteiger partial charge in [0, 0.05) is 0 Å². The van der Waals surface area contributed by atoms with Gasteiger partial charge in [-0.1, -0.05) is 51.9 Å². The maximum atomic E-state index is 10.1. The average molecular weight is 294 g/mol. The Morgan fingerprint density at radius 1 is 0.941 bits per heavy atom. The molecule has 0 spiro atoms. The van der Waals surface area contributed by atoms with E-state index in [2.05, 4.69) is 11.1 Å². The fraction of sp³-hybridized carbons (Fsp3) is 1.00. The molecular formula is C10H23KO5S. The summed E-state index contributed by atoms with van der Waals surface area (Å²) < 4.78 is 34.3. The first kappa shape index (κ1) is 23.6. The van der Waals surface area contributed by atoms with Crippen LogP contribution in [0.5, 0.6) is 0 Å². The molecule has 0 atom stereocenters. The predicted octanol–water partition coefficient (Wildman–Crippen LogP) is -1.22. The van der Waals surface area contributed by atoms with Crippen molar-refractivity contribution in [1.29, 1.82) is 0 Å². The van der Waals surface area contributed by atoms with E-state index in [1.165, 1.54) is 32.1 Å². The molecule has 0 fully saturated rings. The van der Waals surface area contributed by atoms with Gasteiger partial charge in [-0.05, 0) is 6.42 Å². The Morgan fingerprint density at radius 3 is 1.76 bits per heavy atom. The third-order valence-corrected chi connectivity index (χ3v) is 2.68. The van der Waals surface area contributed by atoms with Crippen molar-refractivity contribution in [3.63, 3.8) is 0 Å². The molecule has 0 aromatic carbocycles. The van der Waals surface area contributed by atoms with Gasteiger partial charge in [-0.25, -0.2) is 8.42 Å². The molecule has 2 N–H and O–H groups in total. The molecule has 0 aliphatic carbocycles. The van der Waals surface area contributed by atoms with Crippen molar-refractivity contribution in [2.24, 2.45) is 0 Å². The third kappa shape index (κ3) is 23.0. The first-order valence-electron chi connectivity index (χ1n) is 5.66. The SMILES string of the molecule is CCCCCCCCCCOS(=O)(=O)[O-].O.[K+]. The molecule has 0 heterocycles. The third-order valence-electron chi connectivity index (χ3n) is 2.23. The summed E-state index contributed by atoms with van der Waals surface area (Å²) in [5.74, 6) is 0. The van der Waals surface area contributed by atoms with Gasteiger partial charge in [0.1, 0.15) is 0 Å². The largest absolute Gasteiger partial charge is 1.00 e. The topological polar surface area (TPSA) is 97.9 Å². The van der Waals surface area contributed by atoms with Crippen molar-refractivity contribution in [3.8, 4) is 0 Å². The summed E-state index contributed by atoms with van der Waals surface area (Å²) in [6.07, 6.45) is 8.91. The van der Waals surface area contributed by atoms with Crippen molar-refractivity contribution in [1.82, 2.24) is 0 Å². The maximum absolute atomic E-state index is 10.1. The van der Waals surface area contributed by atoms with Crippen molar-refractivity contribution >= 4 is 10.4 Å². The maximum Gasteiger partial charge on any atom is 1.00 e. The first-order chi connectivity index (χ1) is 7.06. The van der Waals surface area contributed by atoms with Crippen LogP contribution in [0, 0.1) is 0 Å². The van der Waals surface area contributed by atoms with Crippen LogP contribution in [0.15, 0.2) is 0 Å². The van der Waals surface area contributed by atoms with Crippen LogP contribution in [0.25, 0.3) is 0 Å². The van der Waals surface area contributed by atoms with Gasteiger partial charge >= 0.3 is 51.4 Å². The zero-order valence-electron chi connectivity index (χ0n) is 10.9. The van der Waals surface area contributed by atoms with Gasteiger partial charge in [-0.3, -0.25) is 4.18 Å². The van der Waals surface area contributed by atoms with Gasteiger partial charge in [0.15, 0.2) is 0 Å². The molecular weight excluding hydrogens is 271 g/mol. The molecule has 100 valence electrons. The van der Waals surface area contributed by atoms with E-state index in [-0.39, 0.29) is 63.5 Å².